The molecule has 1 aliphatic rings. The van der Waals surface area contributed by atoms with E-state index in [-0.39, 0.29) is 0 Å². The fraction of sp³-hybridized carbons (Fsp3) is 0.625. The Hall–Kier alpha value is -0.830. The van der Waals surface area contributed by atoms with Crippen LogP contribution in [-0.4, -0.2) is 11.2 Å². The van der Waals surface area contributed by atoms with Gasteiger partial charge in [0.05, 0.1) is 6.20 Å². The molecular weight excluding hydrogens is 140 g/mol. The molecule has 0 bridgehead atoms. The lowest BCUT2D eigenvalue weighted by Gasteiger charge is -2.24. The third-order valence-electron chi connectivity index (χ3n) is 2.17. The van der Waals surface area contributed by atoms with Crippen molar-refractivity contribution in [2.45, 2.75) is 32.4 Å². The Balaban J connectivity index is 2.36. The second-order valence-corrected chi connectivity index (χ2v) is 3.20. The van der Waals surface area contributed by atoms with Gasteiger partial charge in [0, 0.05) is 24.1 Å². The minimum atomic E-state index is 0.389. The second-order valence-electron chi connectivity index (χ2n) is 3.20. The lowest BCUT2D eigenvalue weighted by atomic mass is 9.99. The Labute approximate surface area is 65.8 Å². The highest BCUT2D eigenvalue weighted by molar-refractivity contribution is 5.21. The van der Waals surface area contributed by atoms with Crippen molar-refractivity contribution in [1.29, 1.82) is 0 Å². The maximum atomic E-state index is 5.11. The summed E-state index contributed by atoms with van der Waals surface area (Å²) in [6.45, 7) is 4.29. The van der Waals surface area contributed by atoms with Crippen LogP contribution in [0.3, 0.4) is 0 Å². The minimum absolute atomic E-state index is 0.389. The Morgan fingerprint density at radius 3 is 3.27 bits per heavy atom. The summed E-state index contributed by atoms with van der Waals surface area (Å²) in [5, 5.41) is 7.20. The van der Waals surface area contributed by atoms with Crippen LogP contribution >= 0.6 is 0 Å². The molecule has 0 fully saturated rings. The van der Waals surface area contributed by atoms with E-state index in [0.717, 1.165) is 12.2 Å². The zero-order valence-corrected chi connectivity index (χ0v) is 6.79. The number of rotatable bonds is 0. The molecule has 60 valence electrons. The molecule has 2 unspecified atom stereocenters. The molecule has 1 aromatic heterocycles. The van der Waals surface area contributed by atoms with Crippen molar-refractivity contribution in [2.24, 2.45) is 0 Å². The molecule has 0 saturated heterocycles. The van der Waals surface area contributed by atoms with Crippen LogP contribution in [0.25, 0.3) is 0 Å². The van der Waals surface area contributed by atoms with E-state index in [1.807, 2.05) is 0 Å². The number of aromatic nitrogens is 1. The molecule has 0 amide bonds. The molecule has 0 radical (unpaired) electrons. The molecule has 11 heavy (non-hydrogen) atoms. The van der Waals surface area contributed by atoms with Crippen LogP contribution in [0, 0.1) is 0 Å². The van der Waals surface area contributed by atoms with E-state index in [9.17, 15) is 0 Å². The maximum Gasteiger partial charge on any atom is 0.143 e. The van der Waals surface area contributed by atoms with Crippen LogP contribution in [0.15, 0.2) is 10.7 Å². The molecule has 1 aromatic rings. The number of hydrogen-bond acceptors (Lipinski definition) is 3. The summed E-state index contributed by atoms with van der Waals surface area (Å²) < 4.78 is 5.11. The van der Waals surface area contributed by atoms with E-state index in [4.69, 9.17) is 4.52 Å². The molecule has 1 N–H and O–H groups in total. The van der Waals surface area contributed by atoms with Crippen LogP contribution in [0.2, 0.25) is 0 Å². The summed E-state index contributed by atoms with van der Waals surface area (Å²) in [7, 11) is 0. The van der Waals surface area contributed by atoms with Gasteiger partial charge in [0.1, 0.15) is 5.76 Å². The van der Waals surface area contributed by atoms with Crippen LogP contribution in [0.1, 0.15) is 31.2 Å². The van der Waals surface area contributed by atoms with Crippen LogP contribution in [-0.2, 0) is 6.42 Å². The van der Waals surface area contributed by atoms with Crippen molar-refractivity contribution in [3.05, 3.63) is 17.5 Å². The highest BCUT2D eigenvalue weighted by atomic mass is 16.5. The van der Waals surface area contributed by atoms with E-state index in [1.165, 1.54) is 5.56 Å². The van der Waals surface area contributed by atoms with Gasteiger partial charge in [-0.1, -0.05) is 5.16 Å². The molecule has 2 heterocycles. The molecule has 2 rings (SSSR count). The van der Waals surface area contributed by atoms with Gasteiger partial charge in [-0.05, 0) is 13.8 Å². The van der Waals surface area contributed by atoms with Crippen molar-refractivity contribution < 1.29 is 4.52 Å². The van der Waals surface area contributed by atoms with Gasteiger partial charge in [0.25, 0.3) is 0 Å². The van der Waals surface area contributed by atoms with E-state index in [0.29, 0.717) is 12.1 Å². The minimum Gasteiger partial charge on any atom is -0.361 e. The van der Waals surface area contributed by atoms with Gasteiger partial charge in [0.15, 0.2) is 0 Å². The molecule has 2 atom stereocenters. The van der Waals surface area contributed by atoms with E-state index >= 15 is 0 Å². The summed E-state index contributed by atoms with van der Waals surface area (Å²) in [5.74, 6) is 1.05. The summed E-state index contributed by atoms with van der Waals surface area (Å²) >= 11 is 0. The average Bonchev–Trinajstić information content (AvgIpc) is 2.34. The van der Waals surface area contributed by atoms with Gasteiger partial charge in [-0.2, -0.15) is 0 Å². The van der Waals surface area contributed by atoms with Gasteiger partial charge >= 0.3 is 0 Å². The van der Waals surface area contributed by atoms with Gasteiger partial charge in [-0.15, -0.1) is 0 Å². The smallest absolute Gasteiger partial charge is 0.143 e. The monoisotopic (exact) mass is 152 g/mol. The van der Waals surface area contributed by atoms with Gasteiger partial charge in [-0.25, -0.2) is 0 Å². The molecule has 1 aliphatic heterocycles. The van der Waals surface area contributed by atoms with E-state index in [1.54, 1.807) is 6.20 Å². The Morgan fingerprint density at radius 1 is 1.64 bits per heavy atom. The third kappa shape index (κ3) is 1.05. The first-order valence-electron chi connectivity index (χ1n) is 3.97. The number of nitrogens with zero attached hydrogens (tertiary/aromatic N) is 1. The van der Waals surface area contributed by atoms with Crippen LogP contribution < -0.4 is 5.32 Å². The highest BCUT2D eigenvalue weighted by Gasteiger charge is 2.23. The lowest BCUT2D eigenvalue weighted by molar-refractivity contribution is 0.339. The predicted octanol–water partition coefficient (Wildman–Crippen LogP) is 1.27. The number of nitrogens with one attached hydrogen (secondary N) is 1. The van der Waals surface area contributed by atoms with Crippen LogP contribution in [0.5, 0.6) is 0 Å². The van der Waals surface area contributed by atoms with Crippen molar-refractivity contribution in [2.75, 3.05) is 0 Å². The van der Waals surface area contributed by atoms with Crippen LogP contribution in [0.4, 0.5) is 0 Å². The second kappa shape index (κ2) is 2.34. The molecule has 0 aromatic carbocycles. The predicted molar refractivity (Wildman–Crippen MR) is 41.2 cm³/mol. The zero-order chi connectivity index (χ0) is 7.84. The standard InChI is InChI=1S/C8H12N2O/c1-5-3-8-7(4-9-11-8)6(2)10-5/h4-6,10H,3H2,1-2H3. The molecule has 0 spiro atoms. The first-order chi connectivity index (χ1) is 5.27. The fourth-order valence-electron chi connectivity index (χ4n) is 1.63. The molecular formula is C8H12N2O. The first-order valence-corrected chi connectivity index (χ1v) is 3.97. The number of fused-ring (bicyclic) bond motifs is 1. The zero-order valence-electron chi connectivity index (χ0n) is 6.79. The SMILES string of the molecule is CC1Cc2oncc2C(C)N1. The highest BCUT2D eigenvalue weighted by Crippen LogP contribution is 2.23. The molecule has 0 saturated carbocycles. The normalized spacial score (nSPS) is 30.0. The van der Waals surface area contributed by atoms with Crippen molar-refractivity contribution in [3.8, 4) is 0 Å². The maximum absolute atomic E-state index is 5.11. The quantitative estimate of drug-likeness (QED) is 0.608. The summed E-state index contributed by atoms with van der Waals surface area (Å²) in [6, 6.07) is 0.894. The van der Waals surface area contributed by atoms with Crippen molar-refractivity contribution >= 4 is 0 Å². The third-order valence-corrected chi connectivity index (χ3v) is 2.17. The topological polar surface area (TPSA) is 38.1 Å². The van der Waals surface area contributed by atoms with Gasteiger partial charge < -0.3 is 9.84 Å². The summed E-state index contributed by atoms with van der Waals surface area (Å²) in [6.07, 6.45) is 2.76. The summed E-state index contributed by atoms with van der Waals surface area (Å²) in [4.78, 5) is 0. The summed E-state index contributed by atoms with van der Waals surface area (Å²) in [5.41, 5.74) is 1.21. The van der Waals surface area contributed by atoms with E-state index in [2.05, 4.69) is 24.3 Å². The Morgan fingerprint density at radius 2 is 2.45 bits per heavy atom. The molecule has 3 heteroatoms. The largest absolute Gasteiger partial charge is 0.361 e. The first kappa shape index (κ1) is 6.85. The fourth-order valence-corrected chi connectivity index (χ4v) is 1.63. The molecule has 3 nitrogen and oxygen atoms in total. The Bertz CT molecular complexity index is 256. The number of hydrogen-bond donors (Lipinski definition) is 1. The molecule has 0 aliphatic carbocycles. The van der Waals surface area contributed by atoms with Crippen molar-refractivity contribution in [3.63, 3.8) is 0 Å². The van der Waals surface area contributed by atoms with Gasteiger partial charge in [-0.3, -0.25) is 0 Å². The average molecular weight is 152 g/mol. The van der Waals surface area contributed by atoms with Gasteiger partial charge in [0.2, 0.25) is 0 Å². The lowest BCUT2D eigenvalue weighted by Crippen LogP contribution is -2.35. The van der Waals surface area contributed by atoms with Crippen molar-refractivity contribution in [1.82, 2.24) is 10.5 Å². The van der Waals surface area contributed by atoms with E-state index < -0.39 is 0 Å². The Kier molecular flexibility index (Phi) is 1.46.